The molecular formula is C23H28ClN3O2. The van der Waals surface area contributed by atoms with Crippen molar-refractivity contribution in [2.45, 2.75) is 26.4 Å². The molecule has 0 aliphatic heterocycles. The van der Waals surface area contributed by atoms with Crippen LogP contribution in [0.2, 0.25) is 5.02 Å². The zero-order valence-corrected chi connectivity index (χ0v) is 17.7. The molecule has 0 aliphatic carbocycles. The smallest absolute Gasteiger partial charge is 0.255 e. The van der Waals surface area contributed by atoms with Crippen LogP contribution in [-0.2, 0) is 6.42 Å². The first-order valence-corrected chi connectivity index (χ1v) is 10.4. The number of aromatic amines is 1. The highest BCUT2D eigenvalue weighted by Gasteiger charge is 2.17. The van der Waals surface area contributed by atoms with Crippen LogP contribution in [0.1, 0.15) is 41.4 Å². The zero-order chi connectivity index (χ0) is 20.8. The molecule has 1 unspecified atom stereocenters. The number of hydrogen-bond acceptors (Lipinski definition) is 3. The van der Waals surface area contributed by atoms with Gasteiger partial charge in [0.25, 0.3) is 5.91 Å². The quantitative estimate of drug-likeness (QED) is 0.461. The predicted molar refractivity (Wildman–Crippen MR) is 119 cm³/mol. The number of rotatable bonds is 9. The summed E-state index contributed by atoms with van der Waals surface area (Å²) in [5.74, 6) is 0.0526. The van der Waals surface area contributed by atoms with Crippen LogP contribution in [0.15, 0.2) is 48.7 Å². The van der Waals surface area contributed by atoms with Crippen molar-refractivity contribution in [2.75, 3.05) is 26.2 Å². The molecule has 0 saturated carbocycles. The van der Waals surface area contributed by atoms with Crippen LogP contribution in [0, 0.1) is 0 Å². The van der Waals surface area contributed by atoms with E-state index in [2.05, 4.69) is 10.3 Å². The van der Waals surface area contributed by atoms with Crippen molar-refractivity contribution >= 4 is 28.4 Å². The number of aliphatic hydroxyl groups is 1. The minimum Gasteiger partial charge on any atom is -0.387 e. The van der Waals surface area contributed by atoms with E-state index in [-0.39, 0.29) is 5.91 Å². The van der Waals surface area contributed by atoms with Gasteiger partial charge in [-0.2, -0.15) is 0 Å². The summed E-state index contributed by atoms with van der Waals surface area (Å²) in [5.41, 5.74) is 3.55. The van der Waals surface area contributed by atoms with Gasteiger partial charge in [0.05, 0.1) is 17.2 Å². The lowest BCUT2D eigenvalue weighted by atomic mass is 10.1. The van der Waals surface area contributed by atoms with Gasteiger partial charge in [0.15, 0.2) is 0 Å². The topological polar surface area (TPSA) is 68.4 Å². The number of aliphatic hydroxyl groups excluding tert-OH is 1. The molecule has 1 atom stereocenters. The molecule has 0 radical (unpaired) electrons. The third kappa shape index (κ3) is 4.99. The Labute approximate surface area is 176 Å². The number of nitrogens with zero attached hydrogens (tertiary/aromatic N) is 1. The van der Waals surface area contributed by atoms with E-state index in [0.29, 0.717) is 30.2 Å². The van der Waals surface area contributed by atoms with Gasteiger partial charge in [-0.3, -0.25) is 4.79 Å². The monoisotopic (exact) mass is 413 g/mol. The van der Waals surface area contributed by atoms with Crippen LogP contribution >= 0.6 is 11.6 Å². The first kappa shape index (κ1) is 21.4. The number of nitrogens with one attached hydrogen (secondary N) is 2. The van der Waals surface area contributed by atoms with Crippen molar-refractivity contribution in [3.63, 3.8) is 0 Å². The summed E-state index contributed by atoms with van der Waals surface area (Å²) in [7, 11) is 0. The van der Waals surface area contributed by atoms with E-state index >= 15 is 0 Å². The molecule has 29 heavy (non-hydrogen) atoms. The molecule has 0 saturated heterocycles. The van der Waals surface area contributed by atoms with Crippen molar-refractivity contribution < 1.29 is 9.90 Å². The van der Waals surface area contributed by atoms with Crippen molar-refractivity contribution in [1.29, 1.82) is 0 Å². The second kappa shape index (κ2) is 9.92. The lowest BCUT2D eigenvalue weighted by molar-refractivity contribution is 0.0775. The van der Waals surface area contributed by atoms with E-state index in [4.69, 9.17) is 11.6 Å². The van der Waals surface area contributed by atoms with Crippen molar-refractivity contribution in [3.8, 4) is 0 Å². The summed E-state index contributed by atoms with van der Waals surface area (Å²) < 4.78 is 0. The lowest BCUT2D eigenvalue weighted by Crippen LogP contribution is -2.30. The minimum absolute atomic E-state index is 0.0526. The summed E-state index contributed by atoms with van der Waals surface area (Å²) in [6.07, 6.45) is 2.17. The van der Waals surface area contributed by atoms with Gasteiger partial charge in [0, 0.05) is 36.2 Å². The third-order valence-electron chi connectivity index (χ3n) is 5.22. The molecule has 0 aliphatic rings. The minimum atomic E-state index is -0.602. The normalized spacial score (nSPS) is 12.3. The predicted octanol–water partition coefficient (Wildman–Crippen LogP) is 4.17. The highest BCUT2D eigenvalue weighted by atomic mass is 35.5. The molecule has 1 amide bonds. The van der Waals surface area contributed by atoms with Crippen LogP contribution in [0.3, 0.4) is 0 Å². The number of amides is 1. The highest BCUT2D eigenvalue weighted by Crippen LogP contribution is 2.23. The van der Waals surface area contributed by atoms with E-state index < -0.39 is 6.10 Å². The van der Waals surface area contributed by atoms with Crippen LogP contribution in [0.4, 0.5) is 0 Å². The number of para-hydroxylation sites is 1. The van der Waals surface area contributed by atoms with E-state index in [9.17, 15) is 9.90 Å². The fourth-order valence-corrected chi connectivity index (χ4v) is 3.77. The summed E-state index contributed by atoms with van der Waals surface area (Å²) in [5, 5.41) is 15.3. The summed E-state index contributed by atoms with van der Waals surface area (Å²) in [6, 6.07) is 13.1. The van der Waals surface area contributed by atoms with Gasteiger partial charge < -0.3 is 20.3 Å². The Hall–Kier alpha value is -2.34. The third-order valence-corrected chi connectivity index (χ3v) is 5.46. The number of halogens is 1. The van der Waals surface area contributed by atoms with Gasteiger partial charge in [-0.25, -0.2) is 0 Å². The van der Waals surface area contributed by atoms with Gasteiger partial charge in [-0.1, -0.05) is 35.9 Å². The highest BCUT2D eigenvalue weighted by molar-refractivity contribution is 6.30. The molecule has 6 heteroatoms. The first-order valence-electron chi connectivity index (χ1n) is 10.1. The average Bonchev–Trinajstić information content (AvgIpc) is 3.15. The van der Waals surface area contributed by atoms with E-state index in [1.807, 2.05) is 55.3 Å². The Bertz CT molecular complexity index is 966. The molecule has 3 rings (SSSR count). The molecule has 154 valence electrons. The van der Waals surface area contributed by atoms with Crippen LogP contribution in [-0.4, -0.2) is 47.1 Å². The molecule has 3 N–H and O–H groups in total. The molecule has 0 fully saturated rings. The maximum Gasteiger partial charge on any atom is 0.255 e. The maximum absolute atomic E-state index is 12.8. The van der Waals surface area contributed by atoms with Crippen LogP contribution in [0.25, 0.3) is 10.9 Å². The van der Waals surface area contributed by atoms with Gasteiger partial charge in [-0.15, -0.1) is 0 Å². The summed E-state index contributed by atoms with van der Waals surface area (Å²) in [4.78, 5) is 17.9. The lowest BCUT2D eigenvalue weighted by Gasteiger charge is -2.19. The molecular weight excluding hydrogens is 386 g/mol. The van der Waals surface area contributed by atoms with Gasteiger partial charge in [0.1, 0.15) is 0 Å². The Balaban J connectivity index is 1.63. The zero-order valence-electron chi connectivity index (χ0n) is 16.9. The van der Waals surface area contributed by atoms with E-state index in [0.717, 1.165) is 35.0 Å². The molecule has 0 bridgehead atoms. The van der Waals surface area contributed by atoms with Crippen LogP contribution < -0.4 is 5.32 Å². The number of aromatic nitrogens is 1. The summed E-state index contributed by atoms with van der Waals surface area (Å²) >= 11 is 5.98. The molecule has 5 nitrogen and oxygen atoms in total. The number of carbonyl (C=O) groups is 1. The molecule has 0 spiro atoms. The van der Waals surface area contributed by atoms with E-state index in [1.54, 1.807) is 12.1 Å². The fraction of sp³-hybridized carbons (Fsp3) is 0.348. The standard InChI is InChI=1S/C23H28ClN3O2/c1-3-27(4-2)23(29)20-10-6-9-19-17(14-26-22(19)20)11-12-25-15-21(28)16-7-5-8-18(24)13-16/h5-10,13-14,21,25-26,28H,3-4,11-12,15H2,1-2H3. The Morgan fingerprint density at radius 1 is 1.21 bits per heavy atom. The number of hydrogen-bond donors (Lipinski definition) is 3. The number of fused-ring (bicyclic) bond motifs is 1. The van der Waals surface area contributed by atoms with Crippen molar-refractivity contribution in [1.82, 2.24) is 15.2 Å². The SMILES string of the molecule is CCN(CC)C(=O)c1cccc2c(CCNCC(O)c3cccc(Cl)c3)c[nH]c12. The molecule has 1 heterocycles. The Morgan fingerprint density at radius 2 is 1.97 bits per heavy atom. The maximum atomic E-state index is 12.8. The second-order valence-corrected chi connectivity index (χ2v) is 7.48. The van der Waals surface area contributed by atoms with Crippen molar-refractivity contribution in [3.05, 3.63) is 70.4 Å². The second-order valence-electron chi connectivity index (χ2n) is 7.04. The van der Waals surface area contributed by atoms with Gasteiger partial charge in [0.2, 0.25) is 0 Å². The largest absolute Gasteiger partial charge is 0.387 e. The molecule has 2 aromatic carbocycles. The fourth-order valence-electron chi connectivity index (χ4n) is 3.57. The number of benzene rings is 2. The molecule has 1 aromatic heterocycles. The number of H-pyrrole nitrogens is 1. The van der Waals surface area contributed by atoms with Gasteiger partial charge in [-0.05, 0) is 56.1 Å². The average molecular weight is 414 g/mol. The Morgan fingerprint density at radius 3 is 2.69 bits per heavy atom. The number of carbonyl (C=O) groups excluding carboxylic acids is 1. The van der Waals surface area contributed by atoms with Crippen LogP contribution in [0.5, 0.6) is 0 Å². The molecule has 3 aromatic rings. The van der Waals surface area contributed by atoms with Crippen molar-refractivity contribution in [2.24, 2.45) is 0 Å². The summed E-state index contributed by atoms with van der Waals surface area (Å²) in [6.45, 7) is 6.54. The Kier molecular flexibility index (Phi) is 7.31. The van der Waals surface area contributed by atoms with E-state index in [1.165, 1.54) is 0 Å². The van der Waals surface area contributed by atoms with Gasteiger partial charge >= 0.3 is 0 Å². The first-order chi connectivity index (χ1) is 14.0.